The van der Waals surface area contributed by atoms with Crippen LogP contribution in [0, 0.1) is 0 Å². The van der Waals surface area contributed by atoms with Crippen molar-refractivity contribution in [1.82, 2.24) is 9.78 Å². The molecule has 0 aliphatic carbocycles. The summed E-state index contributed by atoms with van der Waals surface area (Å²) in [4.78, 5) is 10.4. The molecule has 0 unspecified atom stereocenters. The molecule has 112 valence electrons. The van der Waals surface area contributed by atoms with E-state index in [0.717, 1.165) is 17.1 Å². The second-order valence-corrected chi connectivity index (χ2v) is 6.97. The van der Waals surface area contributed by atoms with E-state index in [1.807, 2.05) is 0 Å². The highest BCUT2D eigenvalue weighted by Gasteiger charge is 2.18. The highest BCUT2D eigenvalue weighted by molar-refractivity contribution is 9.10. The Kier molecular flexibility index (Phi) is 4.55. The number of sulfonamides is 1. The molecule has 10 heteroatoms. The molecule has 0 amide bonds. The summed E-state index contributed by atoms with van der Waals surface area (Å²) in [6, 6.07) is 4.59. The molecule has 2 rings (SSSR count). The van der Waals surface area contributed by atoms with E-state index in [1.165, 1.54) is 12.1 Å². The Bertz CT molecular complexity index is 791. The molecular weight excluding hydrogens is 386 g/mol. The summed E-state index contributed by atoms with van der Waals surface area (Å²) < 4.78 is 28.2. The van der Waals surface area contributed by atoms with Gasteiger partial charge < -0.3 is 5.11 Å². The van der Waals surface area contributed by atoms with E-state index in [-0.39, 0.29) is 4.90 Å². The van der Waals surface area contributed by atoms with Crippen LogP contribution < -0.4 is 4.72 Å². The van der Waals surface area contributed by atoms with Gasteiger partial charge in [-0.2, -0.15) is 5.10 Å². The highest BCUT2D eigenvalue weighted by atomic mass is 79.9. The maximum atomic E-state index is 12.2. The minimum atomic E-state index is -3.86. The number of aliphatic carboxylic acids is 1. The number of rotatable bonds is 5. The van der Waals surface area contributed by atoms with Gasteiger partial charge in [0, 0.05) is 15.7 Å². The number of aromatic nitrogens is 2. The summed E-state index contributed by atoms with van der Waals surface area (Å²) in [5.74, 6) is -1.12. The molecule has 1 aromatic carbocycles. The molecule has 1 aromatic heterocycles. The lowest BCUT2D eigenvalue weighted by Gasteiger charge is -2.08. The van der Waals surface area contributed by atoms with Crippen LogP contribution in [0.25, 0.3) is 0 Å². The summed E-state index contributed by atoms with van der Waals surface area (Å²) in [5, 5.41) is 12.8. The van der Waals surface area contributed by atoms with E-state index in [4.69, 9.17) is 16.7 Å². The number of nitrogens with zero attached hydrogens (tertiary/aromatic N) is 2. The van der Waals surface area contributed by atoms with Crippen molar-refractivity contribution in [2.24, 2.45) is 0 Å². The van der Waals surface area contributed by atoms with Gasteiger partial charge in [0.15, 0.2) is 0 Å². The molecule has 0 radical (unpaired) electrons. The molecule has 1 heterocycles. The van der Waals surface area contributed by atoms with Gasteiger partial charge in [-0.05, 0) is 34.1 Å². The molecule has 0 fully saturated rings. The Labute approximate surface area is 133 Å². The third kappa shape index (κ3) is 3.96. The smallest absolute Gasteiger partial charge is 0.325 e. The number of anilines is 1. The molecule has 0 atom stereocenters. The standard InChI is InChI=1S/C11H9BrClN3O4S/c12-9-3-7(13)1-2-10(9)15-21(19,20)8-4-14-16(5-8)6-11(17)18/h1-5,15H,6H2,(H,17,18). The molecule has 0 bridgehead atoms. The molecule has 21 heavy (non-hydrogen) atoms. The van der Waals surface area contributed by atoms with Crippen LogP contribution in [0.3, 0.4) is 0 Å². The van der Waals surface area contributed by atoms with E-state index < -0.39 is 22.5 Å². The van der Waals surface area contributed by atoms with Crippen LogP contribution in [-0.2, 0) is 21.4 Å². The van der Waals surface area contributed by atoms with Crippen molar-refractivity contribution in [1.29, 1.82) is 0 Å². The Hall–Kier alpha value is -1.58. The van der Waals surface area contributed by atoms with Crippen LogP contribution in [0.4, 0.5) is 5.69 Å². The first-order chi connectivity index (χ1) is 9.78. The van der Waals surface area contributed by atoms with Crippen LogP contribution >= 0.6 is 27.5 Å². The van der Waals surface area contributed by atoms with Crippen LogP contribution in [-0.4, -0.2) is 29.3 Å². The summed E-state index contributed by atoms with van der Waals surface area (Å²) in [7, 11) is -3.86. The Morgan fingerprint density at radius 2 is 2.19 bits per heavy atom. The van der Waals surface area contributed by atoms with Crippen molar-refractivity contribution in [2.45, 2.75) is 11.4 Å². The first-order valence-corrected chi connectivity index (χ1v) is 8.15. The molecule has 2 aromatic rings. The van der Waals surface area contributed by atoms with E-state index >= 15 is 0 Å². The molecule has 0 aliphatic rings. The zero-order chi connectivity index (χ0) is 15.6. The fourth-order valence-electron chi connectivity index (χ4n) is 1.48. The van der Waals surface area contributed by atoms with Crippen molar-refractivity contribution in [3.8, 4) is 0 Å². The fraction of sp³-hybridized carbons (Fsp3) is 0.0909. The molecular formula is C11H9BrClN3O4S. The second-order valence-electron chi connectivity index (χ2n) is 4.00. The number of carboxylic acids is 1. The lowest BCUT2D eigenvalue weighted by Crippen LogP contribution is -2.13. The van der Waals surface area contributed by atoms with E-state index in [0.29, 0.717) is 15.2 Å². The summed E-state index contributed by atoms with van der Waals surface area (Å²) in [5.41, 5.74) is 0.311. The molecule has 0 saturated heterocycles. The van der Waals surface area contributed by atoms with Crippen molar-refractivity contribution in [2.75, 3.05) is 4.72 Å². The van der Waals surface area contributed by atoms with Crippen LogP contribution in [0.1, 0.15) is 0 Å². The fourth-order valence-corrected chi connectivity index (χ4v) is 3.43. The van der Waals surface area contributed by atoms with Gasteiger partial charge in [0.1, 0.15) is 11.4 Å². The SMILES string of the molecule is O=C(O)Cn1cc(S(=O)(=O)Nc2ccc(Cl)cc2Br)cn1. The molecule has 0 aliphatic heterocycles. The largest absolute Gasteiger partial charge is 0.480 e. The number of hydrogen-bond donors (Lipinski definition) is 2. The maximum absolute atomic E-state index is 12.2. The Morgan fingerprint density at radius 3 is 2.81 bits per heavy atom. The third-order valence-electron chi connectivity index (χ3n) is 2.39. The number of nitrogens with one attached hydrogen (secondary N) is 1. The van der Waals surface area contributed by atoms with E-state index in [2.05, 4.69) is 25.8 Å². The monoisotopic (exact) mass is 393 g/mol. The van der Waals surface area contributed by atoms with Crippen molar-refractivity contribution in [3.63, 3.8) is 0 Å². The van der Waals surface area contributed by atoms with Crippen molar-refractivity contribution < 1.29 is 18.3 Å². The number of hydrogen-bond acceptors (Lipinski definition) is 4. The van der Waals surface area contributed by atoms with Crippen molar-refractivity contribution in [3.05, 3.63) is 40.1 Å². The predicted molar refractivity (Wildman–Crippen MR) is 79.8 cm³/mol. The van der Waals surface area contributed by atoms with Crippen LogP contribution in [0.15, 0.2) is 40.0 Å². The second kappa shape index (κ2) is 6.04. The number of halogens is 2. The lowest BCUT2D eigenvalue weighted by molar-refractivity contribution is -0.137. The molecule has 2 N–H and O–H groups in total. The normalized spacial score (nSPS) is 11.3. The van der Waals surface area contributed by atoms with Gasteiger partial charge in [0.25, 0.3) is 10.0 Å². The van der Waals surface area contributed by atoms with Crippen molar-refractivity contribution >= 4 is 49.2 Å². The van der Waals surface area contributed by atoms with Gasteiger partial charge in [-0.25, -0.2) is 8.42 Å². The summed E-state index contributed by atoms with van der Waals surface area (Å²) in [6.45, 7) is -0.417. The van der Waals surface area contributed by atoms with Crippen LogP contribution in [0.2, 0.25) is 5.02 Å². The first kappa shape index (κ1) is 15.8. The van der Waals surface area contributed by atoms with E-state index in [9.17, 15) is 13.2 Å². The third-order valence-corrected chi connectivity index (χ3v) is 4.60. The topological polar surface area (TPSA) is 101 Å². The first-order valence-electron chi connectivity index (χ1n) is 5.50. The quantitative estimate of drug-likeness (QED) is 0.809. The van der Waals surface area contributed by atoms with Gasteiger partial charge in [-0.1, -0.05) is 11.6 Å². The minimum Gasteiger partial charge on any atom is -0.480 e. The molecule has 0 spiro atoms. The summed E-state index contributed by atoms with van der Waals surface area (Å²) in [6.07, 6.45) is 2.22. The Balaban J connectivity index is 2.25. The number of carboxylic acid groups (broad SMARTS) is 1. The van der Waals surface area contributed by atoms with Gasteiger partial charge in [0.2, 0.25) is 0 Å². The summed E-state index contributed by atoms with van der Waals surface area (Å²) >= 11 is 8.98. The van der Waals surface area contributed by atoms with E-state index in [1.54, 1.807) is 6.07 Å². The Morgan fingerprint density at radius 1 is 1.48 bits per heavy atom. The van der Waals surface area contributed by atoms with Gasteiger partial charge in [0.05, 0.1) is 11.9 Å². The van der Waals surface area contributed by atoms with Gasteiger partial charge in [-0.15, -0.1) is 0 Å². The average Bonchev–Trinajstić information content (AvgIpc) is 2.81. The van der Waals surface area contributed by atoms with Crippen LogP contribution in [0.5, 0.6) is 0 Å². The lowest BCUT2D eigenvalue weighted by atomic mass is 10.3. The minimum absolute atomic E-state index is 0.134. The highest BCUT2D eigenvalue weighted by Crippen LogP contribution is 2.27. The zero-order valence-electron chi connectivity index (χ0n) is 10.3. The maximum Gasteiger partial charge on any atom is 0.325 e. The number of carbonyl (C=O) groups is 1. The number of benzene rings is 1. The predicted octanol–water partition coefficient (Wildman–Crippen LogP) is 2.18. The molecule has 7 nitrogen and oxygen atoms in total. The molecule has 0 saturated carbocycles. The zero-order valence-corrected chi connectivity index (χ0v) is 13.5. The average molecular weight is 395 g/mol. The van der Waals surface area contributed by atoms with Gasteiger partial charge in [-0.3, -0.25) is 14.2 Å². The van der Waals surface area contributed by atoms with Gasteiger partial charge >= 0.3 is 5.97 Å².